The van der Waals surface area contributed by atoms with Gasteiger partial charge in [0.05, 0.1) is 5.69 Å². The van der Waals surface area contributed by atoms with Crippen molar-refractivity contribution >= 4 is 5.95 Å². The molecule has 5 heteroatoms. The highest BCUT2D eigenvalue weighted by atomic mass is 15.3. The summed E-state index contributed by atoms with van der Waals surface area (Å²) >= 11 is 0. The van der Waals surface area contributed by atoms with Gasteiger partial charge in [-0.1, -0.05) is 6.07 Å². The van der Waals surface area contributed by atoms with Crippen molar-refractivity contribution in [3.8, 4) is 0 Å². The average molecular weight is 337 g/mol. The first-order chi connectivity index (χ1) is 12.4. The lowest BCUT2D eigenvalue weighted by Crippen LogP contribution is -2.36. The monoisotopic (exact) mass is 337 g/mol. The number of hydrogen-bond acceptors (Lipinski definition) is 5. The van der Waals surface area contributed by atoms with Crippen LogP contribution in [0.1, 0.15) is 36.9 Å². The van der Waals surface area contributed by atoms with Crippen molar-refractivity contribution in [1.82, 2.24) is 19.9 Å². The van der Waals surface area contributed by atoms with Gasteiger partial charge in [-0.05, 0) is 62.3 Å². The summed E-state index contributed by atoms with van der Waals surface area (Å²) in [6.45, 7) is 5.46. The van der Waals surface area contributed by atoms with Crippen LogP contribution in [0.3, 0.4) is 0 Å². The van der Waals surface area contributed by atoms with Crippen molar-refractivity contribution in [3.05, 3.63) is 48.0 Å². The molecule has 132 valence electrons. The Morgan fingerprint density at radius 2 is 1.96 bits per heavy atom. The van der Waals surface area contributed by atoms with Gasteiger partial charge in [-0.25, -0.2) is 9.97 Å². The van der Waals surface area contributed by atoms with Gasteiger partial charge in [0.1, 0.15) is 0 Å². The van der Waals surface area contributed by atoms with Gasteiger partial charge in [0.15, 0.2) is 0 Å². The Morgan fingerprint density at radius 1 is 1.04 bits per heavy atom. The Balaban J connectivity index is 1.36. The number of piperidine rings is 1. The fourth-order valence-electron chi connectivity index (χ4n) is 4.08. The quantitative estimate of drug-likeness (QED) is 0.839. The lowest BCUT2D eigenvalue weighted by molar-refractivity contribution is 0.165. The van der Waals surface area contributed by atoms with Crippen molar-refractivity contribution in [2.75, 3.05) is 31.1 Å². The Kier molecular flexibility index (Phi) is 5.21. The second-order valence-corrected chi connectivity index (χ2v) is 7.35. The number of pyridine rings is 1. The largest absolute Gasteiger partial charge is 0.341 e. The molecule has 1 atom stereocenters. The maximum absolute atomic E-state index is 4.82. The molecule has 5 nitrogen and oxygen atoms in total. The molecule has 2 aromatic rings. The zero-order chi connectivity index (χ0) is 16.9. The second kappa shape index (κ2) is 7.91. The smallest absolute Gasteiger partial charge is 0.225 e. The van der Waals surface area contributed by atoms with Crippen molar-refractivity contribution < 1.29 is 0 Å². The summed E-state index contributed by atoms with van der Waals surface area (Å²) in [5.41, 5.74) is 2.51. The maximum atomic E-state index is 4.82. The first kappa shape index (κ1) is 16.5. The summed E-state index contributed by atoms with van der Waals surface area (Å²) in [5.74, 6) is 1.64. The molecule has 25 heavy (non-hydrogen) atoms. The van der Waals surface area contributed by atoms with E-state index in [0.717, 1.165) is 50.2 Å². The SMILES string of the molecule is c1cncc(CC2CCCN(Cc3ccnc(N4CCCC4)n3)C2)c1. The first-order valence-corrected chi connectivity index (χ1v) is 9.55. The first-order valence-electron chi connectivity index (χ1n) is 9.55. The van der Waals surface area contributed by atoms with Gasteiger partial charge >= 0.3 is 0 Å². The minimum Gasteiger partial charge on any atom is -0.341 e. The van der Waals surface area contributed by atoms with Gasteiger partial charge in [-0.2, -0.15) is 0 Å². The van der Waals surface area contributed by atoms with E-state index in [1.165, 1.54) is 37.8 Å². The fourth-order valence-corrected chi connectivity index (χ4v) is 4.08. The summed E-state index contributed by atoms with van der Waals surface area (Å²) in [6.07, 6.45) is 12.0. The summed E-state index contributed by atoms with van der Waals surface area (Å²) < 4.78 is 0. The van der Waals surface area contributed by atoms with Gasteiger partial charge in [0.25, 0.3) is 0 Å². The molecule has 0 amide bonds. The Labute approximate surface area is 150 Å². The van der Waals surface area contributed by atoms with Crippen LogP contribution in [0, 0.1) is 5.92 Å². The van der Waals surface area contributed by atoms with Crippen LogP contribution < -0.4 is 4.90 Å². The molecule has 1 unspecified atom stereocenters. The van der Waals surface area contributed by atoms with E-state index in [4.69, 9.17) is 4.98 Å². The van der Waals surface area contributed by atoms with Crippen molar-refractivity contribution in [3.63, 3.8) is 0 Å². The van der Waals surface area contributed by atoms with Crippen molar-refractivity contribution in [1.29, 1.82) is 0 Å². The normalized spacial score (nSPS) is 21.6. The van der Waals surface area contributed by atoms with Gasteiger partial charge in [-0.3, -0.25) is 9.88 Å². The third-order valence-electron chi connectivity index (χ3n) is 5.33. The third kappa shape index (κ3) is 4.34. The van der Waals surface area contributed by atoms with E-state index in [1.807, 2.05) is 24.7 Å². The lowest BCUT2D eigenvalue weighted by Gasteiger charge is -2.32. The van der Waals surface area contributed by atoms with E-state index in [-0.39, 0.29) is 0 Å². The Hall–Kier alpha value is -2.01. The van der Waals surface area contributed by atoms with Crippen LogP contribution >= 0.6 is 0 Å². The third-order valence-corrected chi connectivity index (χ3v) is 5.33. The predicted octanol–water partition coefficient (Wildman–Crippen LogP) is 2.93. The fraction of sp³-hybridized carbons (Fsp3) is 0.550. The van der Waals surface area contributed by atoms with Crippen molar-refractivity contribution in [2.45, 2.75) is 38.6 Å². The average Bonchev–Trinajstić information content (AvgIpc) is 3.18. The van der Waals surface area contributed by atoms with Crippen LogP contribution in [-0.4, -0.2) is 46.0 Å². The minimum atomic E-state index is 0.720. The molecule has 2 aromatic heterocycles. The molecule has 2 fully saturated rings. The summed E-state index contributed by atoms with van der Waals surface area (Å²) in [4.78, 5) is 18.4. The molecule has 2 saturated heterocycles. The van der Waals surface area contributed by atoms with Gasteiger partial charge in [0, 0.05) is 44.8 Å². The number of likely N-dealkylation sites (tertiary alicyclic amines) is 1. The molecule has 4 rings (SSSR count). The van der Waals surface area contributed by atoms with Crippen LogP contribution in [0.4, 0.5) is 5.95 Å². The summed E-state index contributed by atoms with van der Waals surface area (Å²) in [6, 6.07) is 6.31. The van der Waals surface area contributed by atoms with E-state index in [2.05, 4.69) is 31.9 Å². The number of nitrogens with zero attached hydrogens (tertiary/aromatic N) is 5. The molecule has 0 saturated carbocycles. The summed E-state index contributed by atoms with van der Waals surface area (Å²) in [5, 5.41) is 0. The molecule has 0 N–H and O–H groups in total. The zero-order valence-electron chi connectivity index (χ0n) is 14.8. The molecular formula is C20H27N5. The van der Waals surface area contributed by atoms with Gasteiger partial charge < -0.3 is 4.90 Å². The molecule has 0 bridgehead atoms. The number of anilines is 1. The van der Waals surface area contributed by atoms with E-state index in [1.54, 1.807) is 0 Å². The van der Waals surface area contributed by atoms with Crippen LogP contribution in [0.2, 0.25) is 0 Å². The van der Waals surface area contributed by atoms with Gasteiger partial charge in [0.2, 0.25) is 5.95 Å². The summed E-state index contributed by atoms with van der Waals surface area (Å²) in [7, 11) is 0. The Morgan fingerprint density at radius 3 is 2.80 bits per heavy atom. The predicted molar refractivity (Wildman–Crippen MR) is 99.4 cm³/mol. The van der Waals surface area contributed by atoms with Crippen LogP contribution in [0.25, 0.3) is 0 Å². The number of hydrogen-bond donors (Lipinski definition) is 0. The van der Waals surface area contributed by atoms with Crippen LogP contribution in [-0.2, 0) is 13.0 Å². The molecule has 0 aliphatic carbocycles. The molecular weight excluding hydrogens is 310 g/mol. The van der Waals surface area contributed by atoms with E-state index in [9.17, 15) is 0 Å². The topological polar surface area (TPSA) is 45.2 Å². The number of aromatic nitrogens is 3. The molecule has 0 spiro atoms. The lowest BCUT2D eigenvalue weighted by atomic mass is 9.92. The zero-order valence-corrected chi connectivity index (χ0v) is 14.8. The number of rotatable bonds is 5. The highest BCUT2D eigenvalue weighted by molar-refractivity contribution is 5.31. The molecule has 2 aliphatic rings. The minimum absolute atomic E-state index is 0.720. The highest BCUT2D eigenvalue weighted by Crippen LogP contribution is 2.22. The Bertz CT molecular complexity index is 669. The van der Waals surface area contributed by atoms with Gasteiger partial charge in [-0.15, -0.1) is 0 Å². The van der Waals surface area contributed by atoms with E-state index < -0.39 is 0 Å². The van der Waals surface area contributed by atoms with E-state index >= 15 is 0 Å². The second-order valence-electron chi connectivity index (χ2n) is 7.35. The standard InChI is InChI=1S/C20H27N5/c1-2-12-25(11-1)20-22-9-7-19(23-20)16-24-10-4-6-18(15-24)13-17-5-3-8-21-14-17/h3,5,7-9,14,18H,1-2,4,6,10-13,15-16H2. The molecule has 2 aliphatic heterocycles. The van der Waals surface area contributed by atoms with Crippen LogP contribution in [0.15, 0.2) is 36.8 Å². The molecule has 0 aromatic carbocycles. The molecule has 4 heterocycles. The van der Waals surface area contributed by atoms with Crippen molar-refractivity contribution in [2.24, 2.45) is 5.92 Å². The van der Waals surface area contributed by atoms with Crippen LogP contribution in [0.5, 0.6) is 0 Å². The molecule has 0 radical (unpaired) electrons. The van der Waals surface area contributed by atoms with E-state index in [0.29, 0.717) is 0 Å². The highest BCUT2D eigenvalue weighted by Gasteiger charge is 2.21. The maximum Gasteiger partial charge on any atom is 0.225 e.